The molecular formula is C20H18N4O3. The van der Waals surface area contributed by atoms with Crippen LogP contribution in [0, 0.1) is 16.0 Å². The summed E-state index contributed by atoms with van der Waals surface area (Å²) in [5.74, 6) is -0.799. The summed E-state index contributed by atoms with van der Waals surface area (Å²) in [6, 6.07) is 18.7. The van der Waals surface area contributed by atoms with Crippen LogP contribution in [0.1, 0.15) is 12.0 Å². The number of aromatic nitrogens is 2. The number of amides is 1. The van der Waals surface area contributed by atoms with Gasteiger partial charge in [0.15, 0.2) is 0 Å². The minimum atomic E-state index is -0.745. The van der Waals surface area contributed by atoms with Crippen molar-refractivity contribution < 1.29 is 9.72 Å². The van der Waals surface area contributed by atoms with E-state index in [1.165, 1.54) is 0 Å². The minimum Gasteiger partial charge on any atom is -0.351 e. The average Bonchev–Trinajstić information content (AvgIpc) is 3.40. The molecule has 0 radical (unpaired) electrons. The van der Waals surface area contributed by atoms with Gasteiger partial charge in [0.2, 0.25) is 11.9 Å². The second-order valence-electron chi connectivity index (χ2n) is 6.56. The molecule has 3 aromatic rings. The fourth-order valence-corrected chi connectivity index (χ4v) is 3.10. The van der Waals surface area contributed by atoms with E-state index in [1.54, 1.807) is 4.68 Å². The van der Waals surface area contributed by atoms with E-state index < -0.39 is 12.0 Å². The van der Waals surface area contributed by atoms with Gasteiger partial charge >= 0.3 is 0 Å². The largest absolute Gasteiger partial charge is 0.351 e. The molecule has 1 fully saturated rings. The maximum Gasteiger partial charge on any atom is 0.230 e. The summed E-state index contributed by atoms with van der Waals surface area (Å²) < 4.78 is 1.78. The molecule has 0 spiro atoms. The number of rotatable bonds is 6. The van der Waals surface area contributed by atoms with Crippen LogP contribution < -0.4 is 5.32 Å². The zero-order chi connectivity index (χ0) is 18.8. The second kappa shape index (κ2) is 7.03. The van der Waals surface area contributed by atoms with E-state index >= 15 is 0 Å². The van der Waals surface area contributed by atoms with Crippen LogP contribution in [0.4, 0.5) is 0 Å². The molecule has 2 atom stereocenters. The van der Waals surface area contributed by atoms with Crippen molar-refractivity contribution in [3.05, 3.63) is 82.5 Å². The summed E-state index contributed by atoms with van der Waals surface area (Å²) in [7, 11) is 0. The summed E-state index contributed by atoms with van der Waals surface area (Å²) in [4.78, 5) is 22.6. The molecule has 1 aromatic heterocycles. The summed E-state index contributed by atoms with van der Waals surface area (Å²) in [5.41, 5.74) is 3.51. The Hall–Kier alpha value is -3.48. The lowest BCUT2D eigenvalue weighted by molar-refractivity contribution is -0.497. The summed E-state index contributed by atoms with van der Waals surface area (Å²) in [6.07, 6.45) is 2.20. The molecule has 0 saturated heterocycles. The van der Waals surface area contributed by atoms with Gasteiger partial charge in [-0.2, -0.15) is 5.10 Å². The van der Waals surface area contributed by atoms with Gasteiger partial charge in [-0.25, -0.2) is 4.68 Å². The van der Waals surface area contributed by atoms with Crippen molar-refractivity contribution in [1.82, 2.24) is 15.1 Å². The van der Waals surface area contributed by atoms with Crippen LogP contribution in [-0.4, -0.2) is 26.7 Å². The Balaban J connectivity index is 1.58. The van der Waals surface area contributed by atoms with Gasteiger partial charge in [0.1, 0.15) is 5.92 Å². The standard InChI is InChI=1S/C20H18N4O3/c25-20(17-11-18(17)24(26)27)21-12-15-13-23(16-9-5-2-6-10-16)22-19(15)14-7-3-1-4-8-14/h1-10,13,17-18H,11-12H2,(H,21,25)/t17-,18+/m1/s1. The van der Waals surface area contributed by atoms with E-state index in [1.807, 2.05) is 66.9 Å². The molecule has 2 aromatic carbocycles. The predicted octanol–water partition coefficient (Wildman–Crippen LogP) is 2.82. The van der Waals surface area contributed by atoms with Gasteiger partial charge < -0.3 is 5.32 Å². The molecular weight excluding hydrogens is 344 g/mol. The monoisotopic (exact) mass is 362 g/mol. The maximum absolute atomic E-state index is 12.2. The Kier molecular flexibility index (Phi) is 4.42. The number of carbonyl (C=O) groups excluding carboxylic acids is 1. The van der Waals surface area contributed by atoms with Crippen molar-refractivity contribution in [2.45, 2.75) is 19.0 Å². The van der Waals surface area contributed by atoms with Crippen LogP contribution in [0.3, 0.4) is 0 Å². The van der Waals surface area contributed by atoms with Crippen LogP contribution in [0.25, 0.3) is 16.9 Å². The van der Waals surface area contributed by atoms with Crippen LogP contribution >= 0.6 is 0 Å². The molecule has 27 heavy (non-hydrogen) atoms. The molecule has 1 heterocycles. The molecule has 136 valence electrons. The first kappa shape index (κ1) is 17.0. The highest BCUT2D eigenvalue weighted by Gasteiger charge is 2.53. The number of para-hydroxylation sites is 1. The van der Waals surface area contributed by atoms with E-state index in [2.05, 4.69) is 10.4 Å². The molecule has 1 aliphatic carbocycles. The second-order valence-corrected chi connectivity index (χ2v) is 6.56. The SMILES string of the molecule is O=C(NCc1cn(-c2ccccc2)nc1-c1ccccc1)[C@@H]1C[C@@H]1[N+](=O)[O-]. The normalized spacial score (nSPS) is 18.1. The van der Waals surface area contributed by atoms with E-state index in [4.69, 9.17) is 0 Å². The van der Waals surface area contributed by atoms with E-state index in [0.29, 0.717) is 6.42 Å². The quantitative estimate of drug-likeness (QED) is 0.539. The van der Waals surface area contributed by atoms with E-state index in [0.717, 1.165) is 22.5 Å². The van der Waals surface area contributed by atoms with Crippen LogP contribution in [0.5, 0.6) is 0 Å². The predicted molar refractivity (Wildman–Crippen MR) is 99.7 cm³/mol. The maximum atomic E-state index is 12.2. The third-order valence-electron chi connectivity index (χ3n) is 4.68. The van der Waals surface area contributed by atoms with Crippen LogP contribution in [-0.2, 0) is 11.3 Å². The lowest BCUT2D eigenvalue weighted by atomic mass is 10.1. The molecule has 1 amide bonds. The van der Waals surface area contributed by atoms with E-state index in [-0.39, 0.29) is 17.4 Å². The fraction of sp³-hybridized carbons (Fsp3) is 0.200. The van der Waals surface area contributed by atoms with Crippen molar-refractivity contribution in [3.8, 4) is 16.9 Å². The Morgan fingerprint density at radius 1 is 1.15 bits per heavy atom. The molecule has 7 heteroatoms. The van der Waals surface area contributed by atoms with Crippen LogP contribution in [0.15, 0.2) is 66.9 Å². The number of hydrogen-bond acceptors (Lipinski definition) is 4. The zero-order valence-corrected chi connectivity index (χ0v) is 14.5. The highest BCUT2D eigenvalue weighted by molar-refractivity contribution is 5.82. The number of carbonyl (C=O) groups is 1. The summed E-state index contributed by atoms with van der Waals surface area (Å²) in [6.45, 7) is 0.275. The minimum absolute atomic E-state index is 0.275. The molecule has 0 bridgehead atoms. The molecule has 1 saturated carbocycles. The first-order valence-corrected chi connectivity index (χ1v) is 8.74. The van der Waals surface area contributed by atoms with Crippen LogP contribution in [0.2, 0.25) is 0 Å². The zero-order valence-electron chi connectivity index (χ0n) is 14.5. The third kappa shape index (κ3) is 3.57. The van der Waals surface area contributed by atoms with E-state index in [9.17, 15) is 14.9 Å². The Bertz CT molecular complexity index is 969. The molecule has 1 N–H and O–H groups in total. The van der Waals surface area contributed by atoms with Crippen molar-refractivity contribution in [3.63, 3.8) is 0 Å². The van der Waals surface area contributed by atoms with Crippen molar-refractivity contribution in [1.29, 1.82) is 0 Å². The highest BCUT2D eigenvalue weighted by Crippen LogP contribution is 2.33. The number of hydrogen-bond donors (Lipinski definition) is 1. The van der Waals surface area contributed by atoms with Crippen molar-refractivity contribution >= 4 is 5.91 Å². The number of nitro groups is 1. The smallest absolute Gasteiger partial charge is 0.230 e. The molecule has 0 aliphatic heterocycles. The Morgan fingerprint density at radius 3 is 2.44 bits per heavy atom. The average molecular weight is 362 g/mol. The molecule has 1 aliphatic rings. The van der Waals surface area contributed by atoms with Gasteiger partial charge in [-0.05, 0) is 12.1 Å². The first-order chi connectivity index (χ1) is 13.1. The number of benzene rings is 2. The number of nitrogens with one attached hydrogen (secondary N) is 1. The molecule has 7 nitrogen and oxygen atoms in total. The van der Waals surface area contributed by atoms with Gasteiger partial charge in [0.25, 0.3) is 0 Å². The van der Waals surface area contributed by atoms with Gasteiger partial charge in [0.05, 0.1) is 11.4 Å². The molecule has 0 unspecified atom stereocenters. The Labute approximate surface area is 155 Å². The lowest BCUT2D eigenvalue weighted by Crippen LogP contribution is -2.26. The van der Waals surface area contributed by atoms with Crippen molar-refractivity contribution in [2.24, 2.45) is 5.92 Å². The molecule has 4 rings (SSSR count). The van der Waals surface area contributed by atoms with Gasteiger partial charge in [-0.3, -0.25) is 14.9 Å². The van der Waals surface area contributed by atoms with Gasteiger partial charge in [-0.15, -0.1) is 0 Å². The third-order valence-corrected chi connectivity index (χ3v) is 4.68. The summed E-state index contributed by atoms with van der Waals surface area (Å²) >= 11 is 0. The Morgan fingerprint density at radius 2 is 1.81 bits per heavy atom. The first-order valence-electron chi connectivity index (χ1n) is 8.74. The lowest BCUT2D eigenvalue weighted by Gasteiger charge is -2.04. The van der Waals surface area contributed by atoms with Gasteiger partial charge in [-0.1, -0.05) is 48.5 Å². The summed E-state index contributed by atoms with van der Waals surface area (Å²) in [5, 5.41) is 18.3. The van der Waals surface area contributed by atoms with Gasteiger partial charge in [0, 0.05) is 35.2 Å². The fourth-order valence-electron chi connectivity index (χ4n) is 3.10. The topological polar surface area (TPSA) is 90.1 Å². The highest BCUT2D eigenvalue weighted by atomic mass is 16.6. The number of nitrogens with zero attached hydrogens (tertiary/aromatic N) is 3. The van der Waals surface area contributed by atoms with Crippen molar-refractivity contribution in [2.75, 3.05) is 0 Å².